The summed E-state index contributed by atoms with van der Waals surface area (Å²) in [6.45, 7) is 13.1. The van der Waals surface area contributed by atoms with Gasteiger partial charge in [0.15, 0.2) is 0 Å². The molecule has 6 atom stereocenters. The Labute approximate surface area is 202 Å². The highest BCUT2D eigenvalue weighted by Crippen LogP contribution is 2.59. The molecule has 0 radical (unpaired) electrons. The lowest BCUT2D eigenvalue weighted by Gasteiger charge is -2.44. The number of hydrogen-bond donors (Lipinski definition) is 3. The normalized spacial score (nSPS) is 36.6. The second-order valence-corrected chi connectivity index (χ2v) is 11.4. The van der Waals surface area contributed by atoms with Gasteiger partial charge in [0, 0.05) is 6.42 Å². The second kappa shape index (κ2) is 11.1. The van der Waals surface area contributed by atoms with E-state index in [2.05, 4.69) is 58.6 Å². The largest absolute Gasteiger partial charge is 0.393 e. The third kappa shape index (κ3) is 5.92. The minimum atomic E-state index is -0.621. The molecule has 3 heteroatoms. The van der Waals surface area contributed by atoms with Crippen LogP contribution in [0.1, 0.15) is 98.3 Å². The lowest BCUT2D eigenvalue weighted by Crippen LogP contribution is -2.35. The van der Waals surface area contributed by atoms with Gasteiger partial charge in [0.25, 0.3) is 0 Å². The van der Waals surface area contributed by atoms with Gasteiger partial charge >= 0.3 is 0 Å². The first-order chi connectivity index (χ1) is 15.6. The Kier molecular flexibility index (Phi) is 8.86. The van der Waals surface area contributed by atoms with Crippen molar-refractivity contribution < 1.29 is 15.3 Å². The summed E-state index contributed by atoms with van der Waals surface area (Å²) in [5.74, 6) is 1.87. The van der Waals surface area contributed by atoms with Gasteiger partial charge in [0.1, 0.15) is 0 Å². The molecule has 0 aliphatic heterocycles. The zero-order valence-corrected chi connectivity index (χ0v) is 21.5. The molecular weight excluding hydrogens is 408 g/mol. The maximum atomic E-state index is 10.5. The Morgan fingerprint density at radius 2 is 1.91 bits per heavy atom. The van der Waals surface area contributed by atoms with Gasteiger partial charge in [0.2, 0.25) is 0 Å². The number of rotatable bonds is 8. The van der Waals surface area contributed by atoms with Crippen LogP contribution in [0.15, 0.2) is 47.6 Å². The SMILES string of the molecule is C=C1C(=CC=C2CCC[C@]3(C)[C@@H]([C@@H](C)C=CCCC(O)(CC)CC)CC[C@@H]23)C[C@@H](O)C[C@@H]1O. The van der Waals surface area contributed by atoms with Crippen molar-refractivity contribution in [1.82, 2.24) is 0 Å². The number of fused-ring (bicyclic) bond motifs is 1. The van der Waals surface area contributed by atoms with Crippen molar-refractivity contribution in [3.8, 4) is 0 Å². The predicted molar refractivity (Wildman–Crippen MR) is 138 cm³/mol. The van der Waals surface area contributed by atoms with Crippen LogP contribution in [0, 0.1) is 23.2 Å². The Hall–Kier alpha value is -1.16. The standard InChI is InChI=1S/C30H48O3/c1-6-30(33,7-2)18-9-8-11-21(3)26-15-16-27-23(12-10-17-29(26,27)5)13-14-24-19-25(31)20-28(32)22(24)4/h8,11,13-14,21,25-28,31-33H,4,6-7,9-10,12,15-20H2,1-3,5H3/t21-,25+,26+,27-,28-,29+/m0/s1. The summed E-state index contributed by atoms with van der Waals surface area (Å²) < 4.78 is 0. The monoisotopic (exact) mass is 456 g/mol. The third-order valence-corrected chi connectivity index (χ3v) is 9.47. The first kappa shape index (κ1) is 26.4. The van der Waals surface area contributed by atoms with Crippen LogP contribution in [0.2, 0.25) is 0 Å². The van der Waals surface area contributed by atoms with Crippen LogP contribution in [-0.4, -0.2) is 33.1 Å². The highest BCUT2D eigenvalue weighted by Gasteiger charge is 2.50. The number of aliphatic hydroxyl groups is 3. The van der Waals surface area contributed by atoms with E-state index in [9.17, 15) is 15.3 Å². The van der Waals surface area contributed by atoms with Crippen LogP contribution in [-0.2, 0) is 0 Å². The van der Waals surface area contributed by atoms with Gasteiger partial charge in [-0.3, -0.25) is 0 Å². The van der Waals surface area contributed by atoms with E-state index in [1.54, 1.807) is 5.57 Å². The number of aliphatic hydroxyl groups excluding tert-OH is 2. The number of hydrogen-bond acceptors (Lipinski definition) is 3. The van der Waals surface area contributed by atoms with E-state index in [4.69, 9.17) is 0 Å². The first-order valence-corrected chi connectivity index (χ1v) is 13.5. The van der Waals surface area contributed by atoms with Crippen molar-refractivity contribution in [2.24, 2.45) is 23.2 Å². The van der Waals surface area contributed by atoms with Crippen molar-refractivity contribution in [2.75, 3.05) is 0 Å². The highest BCUT2D eigenvalue weighted by atomic mass is 16.3. The predicted octanol–water partition coefficient (Wildman–Crippen LogP) is 6.65. The Morgan fingerprint density at radius 3 is 2.61 bits per heavy atom. The fraction of sp³-hybridized carbons (Fsp3) is 0.733. The van der Waals surface area contributed by atoms with Crippen LogP contribution in [0.3, 0.4) is 0 Å². The summed E-state index contributed by atoms with van der Waals surface area (Å²) in [4.78, 5) is 0. The van der Waals surface area contributed by atoms with Gasteiger partial charge in [-0.05, 0) is 98.5 Å². The molecule has 0 amide bonds. The van der Waals surface area contributed by atoms with Gasteiger partial charge in [-0.25, -0.2) is 0 Å². The Bertz CT molecular complexity index is 771. The summed E-state index contributed by atoms with van der Waals surface area (Å²) in [7, 11) is 0. The molecule has 3 fully saturated rings. The molecule has 0 spiro atoms. The molecular formula is C30H48O3. The van der Waals surface area contributed by atoms with Gasteiger partial charge in [-0.2, -0.15) is 0 Å². The molecule has 3 aliphatic rings. The van der Waals surface area contributed by atoms with Gasteiger partial charge in [-0.15, -0.1) is 0 Å². The summed E-state index contributed by atoms with van der Waals surface area (Å²) in [6, 6.07) is 0. The summed E-state index contributed by atoms with van der Waals surface area (Å²) in [6.07, 6.45) is 18.7. The van der Waals surface area contributed by atoms with Crippen LogP contribution in [0.4, 0.5) is 0 Å². The Morgan fingerprint density at radius 1 is 1.18 bits per heavy atom. The molecule has 0 aromatic heterocycles. The average Bonchev–Trinajstić information content (AvgIpc) is 3.15. The van der Waals surface area contributed by atoms with Crippen molar-refractivity contribution in [3.05, 3.63) is 47.6 Å². The van der Waals surface area contributed by atoms with E-state index in [0.29, 0.717) is 36.0 Å². The molecule has 3 nitrogen and oxygen atoms in total. The summed E-state index contributed by atoms with van der Waals surface area (Å²) in [5.41, 5.74) is 3.16. The van der Waals surface area contributed by atoms with Crippen LogP contribution >= 0.6 is 0 Å². The molecule has 33 heavy (non-hydrogen) atoms. The van der Waals surface area contributed by atoms with E-state index in [0.717, 1.165) is 43.3 Å². The van der Waals surface area contributed by atoms with Gasteiger partial charge in [0.05, 0.1) is 17.8 Å². The number of allylic oxidation sites excluding steroid dienone is 5. The molecule has 3 aliphatic carbocycles. The molecule has 0 heterocycles. The van der Waals surface area contributed by atoms with Crippen LogP contribution in [0.25, 0.3) is 0 Å². The van der Waals surface area contributed by atoms with E-state index in [1.165, 1.54) is 25.7 Å². The summed E-state index contributed by atoms with van der Waals surface area (Å²) >= 11 is 0. The Balaban J connectivity index is 1.67. The quantitative estimate of drug-likeness (QED) is 0.358. The molecule has 0 bridgehead atoms. The lowest BCUT2D eigenvalue weighted by molar-refractivity contribution is 0.0245. The molecule has 0 unspecified atom stereocenters. The molecule has 0 saturated heterocycles. The van der Waals surface area contributed by atoms with Crippen LogP contribution < -0.4 is 0 Å². The van der Waals surface area contributed by atoms with Crippen molar-refractivity contribution in [3.63, 3.8) is 0 Å². The smallest absolute Gasteiger partial charge is 0.0811 e. The minimum Gasteiger partial charge on any atom is -0.393 e. The highest BCUT2D eigenvalue weighted by molar-refractivity contribution is 5.38. The zero-order valence-electron chi connectivity index (χ0n) is 21.5. The van der Waals surface area contributed by atoms with E-state index < -0.39 is 17.8 Å². The molecule has 0 aromatic rings. The lowest BCUT2D eigenvalue weighted by atomic mass is 9.61. The third-order valence-electron chi connectivity index (χ3n) is 9.47. The van der Waals surface area contributed by atoms with Crippen molar-refractivity contribution in [1.29, 1.82) is 0 Å². The van der Waals surface area contributed by atoms with Crippen molar-refractivity contribution in [2.45, 2.75) is 116 Å². The maximum Gasteiger partial charge on any atom is 0.0811 e. The average molecular weight is 457 g/mol. The minimum absolute atomic E-state index is 0.336. The van der Waals surface area contributed by atoms with Crippen molar-refractivity contribution >= 4 is 0 Å². The summed E-state index contributed by atoms with van der Waals surface area (Å²) in [5, 5.41) is 30.8. The second-order valence-electron chi connectivity index (χ2n) is 11.4. The molecule has 3 saturated carbocycles. The topological polar surface area (TPSA) is 60.7 Å². The zero-order chi connectivity index (χ0) is 24.2. The van der Waals surface area contributed by atoms with E-state index in [-0.39, 0.29) is 0 Å². The van der Waals surface area contributed by atoms with Gasteiger partial charge < -0.3 is 15.3 Å². The first-order valence-electron chi connectivity index (χ1n) is 13.5. The van der Waals surface area contributed by atoms with E-state index in [1.807, 2.05) is 0 Å². The fourth-order valence-corrected chi connectivity index (χ4v) is 7.01. The maximum absolute atomic E-state index is 10.5. The molecule has 3 rings (SSSR count). The van der Waals surface area contributed by atoms with Gasteiger partial charge in [-0.1, -0.05) is 64.2 Å². The molecule has 3 N–H and O–H groups in total. The molecule has 0 aromatic carbocycles. The van der Waals surface area contributed by atoms with E-state index >= 15 is 0 Å². The van der Waals surface area contributed by atoms with Crippen LogP contribution in [0.5, 0.6) is 0 Å². The fourth-order valence-electron chi connectivity index (χ4n) is 7.01. The molecule has 186 valence electrons.